The molecule has 0 spiro atoms. The molecule has 1 aromatic heterocycles. The van der Waals surface area contributed by atoms with Crippen molar-refractivity contribution in [3.8, 4) is 0 Å². The SMILES string of the molecule is CC(C)(C)OC(=O)NCc1ccc(CS(=O)(=O)C(C)(C)C)nc1. The van der Waals surface area contributed by atoms with Crippen LogP contribution < -0.4 is 5.32 Å². The zero-order chi connectivity index (χ0) is 17.9. The number of alkyl carbamates (subject to hydrolysis) is 1. The lowest BCUT2D eigenvalue weighted by Crippen LogP contribution is -2.32. The predicted octanol–water partition coefficient (Wildman–Crippen LogP) is 2.82. The van der Waals surface area contributed by atoms with E-state index in [1.807, 2.05) is 0 Å². The predicted molar refractivity (Wildman–Crippen MR) is 89.7 cm³/mol. The number of hydrogen-bond acceptors (Lipinski definition) is 5. The van der Waals surface area contributed by atoms with Gasteiger partial charge in [0.25, 0.3) is 0 Å². The van der Waals surface area contributed by atoms with Crippen LogP contribution in [0, 0.1) is 0 Å². The third kappa shape index (κ3) is 6.56. The van der Waals surface area contributed by atoms with Crippen LogP contribution in [0.1, 0.15) is 52.8 Å². The second-order valence-electron chi connectivity index (χ2n) is 7.38. The molecule has 0 bridgehead atoms. The third-order valence-electron chi connectivity index (χ3n) is 2.99. The van der Waals surface area contributed by atoms with E-state index in [1.165, 1.54) is 0 Å². The summed E-state index contributed by atoms with van der Waals surface area (Å²) >= 11 is 0. The number of aromatic nitrogens is 1. The van der Waals surface area contributed by atoms with Crippen molar-refractivity contribution in [2.75, 3.05) is 0 Å². The Morgan fingerprint density at radius 2 is 1.78 bits per heavy atom. The Bertz CT molecular complexity index is 638. The number of hydrogen-bond donors (Lipinski definition) is 1. The van der Waals surface area contributed by atoms with Crippen LogP contribution in [0.15, 0.2) is 18.3 Å². The molecule has 0 aliphatic heterocycles. The van der Waals surface area contributed by atoms with Gasteiger partial charge in [-0.1, -0.05) is 6.07 Å². The minimum absolute atomic E-state index is 0.101. The highest BCUT2D eigenvalue weighted by Crippen LogP contribution is 2.19. The van der Waals surface area contributed by atoms with Crippen LogP contribution in [0.3, 0.4) is 0 Å². The summed E-state index contributed by atoms with van der Waals surface area (Å²) in [5, 5.41) is 2.63. The van der Waals surface area contributed by atoms with Crippen molar-refractivity contribution < 1.29 is 17.9 Å². The lowest BCUT2D eigenvalue weighted by Gasteiger charge is -2.20. The van der Waals surface area contributed by atoms with E-state index in [0.717, 1.165) is 5.56 Å². The van der Waals surface area contributed by atoms with Crippen LogP contribution in [-0.2, 0) is 26.9 Å². The summed E-state index contributed by atoms with van der Waals surface area (Å²) in [4.78, 5) is 15.7. The molecule has 130 valence electrons. The largest absolute Gasteiger partial charge is 0.444 e. The first kappa shape index (κ1) is 19.4. The topological polar surface area (TPSA) is 85.4 Å². The van der Waals surface area contributed by atoms with Crippen LogP contribution in [-0.4, -0.2) is 29.8 Å². The molecule has 0 atom stereocenters. The number of amides is 1. The molecule has 1 N–H and O–H groups in total. The van der Waals surface area contributed by atoms with Crippen LogP contribution in [0.2, 0.25) is 0 Å². The molecule has 0 fully saturated rings. The van der Waals surface area contributed by atoms with Crippen LogP contribution in [0.4, 0.5) is 4.79 Å². The number of ether oxygens (including phenoxy) is 1. The Labute approximate surface area is 138 Å². The zero-order valence-electron chi connectivity index (χ0n) is 14.6. The number of sulfone groups is 1. The molecular weight excluding hydrogens is 316 g/mol. The number of rotatable bonds is 4. The van der Waals surface area contributed by atoms with Gasteiger partial charge in [0, 0.05) is 12.7 Å². The molecule has 0 saturated carbocycles. The number of pyridine rings is 1. The summed E-state index contributed by atoms with van der Waals surface area (Å²) in [5.41, 5.74) is 0.710. The molecule has 1 aromatic rings. The summed E-state index contributed by atoms with van der Waals surface area (Å²) < 4.78 is 28.6. The summed E-state index contributed by atoms with van der Waals surface area (Å²) in [6, 6.07) is 3.41. The van der Waals surface area contributed by atoms with Crippen molar-refractivity contribution in [3.05, 3.63) is 29.6 Å². The highest BCUT2D eigenvalue weighted by Gasteiger charge is 2.29. The number of carbonyl (C=O) groups excluding carboxylic acids is 1. The average Bonchev–Trinajstić information content (AvgIpc) is 2.34. The summed E-state index contributed by atoms with van der Waals surface area (Å²) in [5.74, 6) is -0.101. The molecular formula is C16H26N2O4S. The standard InChI is InChI=1S/C16H26N2O4S/c1-15(2,3)22-14(19)18-10-12-7-8-13(17-9-12)11-23(20,21)16(4,5)6/h7-9H,10-11H2,1-6H3,(H,18,19). The van der Waals surface area contributed by atoms with E-state index in [4.69, 9.17) is 4.74 Å². The molecule has 0 unspecified atom stereocenters. The third-order valence-corrected chi connectivity index (χ3v) is 5.53. The first-order valence-corrected chi connectivity index (χ1v) is 9.08. The molecule has 0 aliphatic carbocycles. The van der Waals surface area contributed by atoms with E-state index in [-0.39, 0.29) is 12.3 Å². The highest BCUT2D eigenvalue weighted by atomic mass is 32.2. The Hall–Kier alpha value is -1.63. The highest BCUT2D eigenvalue weighted by molar-refractivity contribution is 7.91. The molecule has 0 radical (unpaired) electrons. The fourth-order valence-corrected chi connectivity index (χ4v) is 2.54. The van der Waals surface area contributed by atoms with Crippen molar-refractivity contribution in [1.82, 2.24) is 10.3 Å². The van der Waals surface area contributed by atoms with Gasteiger partial charge < -0.3 is 10.1 Å². The van der Waals surface area contributed by atoms with Gasteiger partial charge in [0.15, 0.2) is 9.84 Å². The maximum atomic E-state index is 12.1. The minimum atomic E-state index is -3.26. The molecule has 0 aromatic carbocycles. The molecule has 1 amide bonds. The molecule has 0 saturated heterocycles. The van der Waals surface area contributed by atoms with Gasteiger partial charge in [0.1, 0.15) is 5.60 Å². The summed E-state index contributed by atoms with van der Waals surface area (Å²) in [6.45, 7) is 10.6. The smallest absolute Gasteiger partial charge is 0.407 e. The molecule has 1 rings (SSSR count). The lowest BCUT2D eigenvalue weighted by atomic mass is 10.2. The van der Waals surface area contributed by atoms with Gasteiger partial charge in [-0.3, -0.25) is 4.98 Å². The molecule has 0 aliphatic rings. The van der Waals surface area contributed by atoms with Crippen molar-refractivity contribution in [3.63, 3.8) is 0 Å². The quantitative estimate of drug-likeness (QED) is 0.909. The Morgan fingerprint density at radius 1 is 1.17 bits per heavy atom. The van der Waals surface area contributed by atoms with Crippen molar-refractivity contribution in [2.45, 2.75) is 64.2 Å². The van der Waals surface area contributed by atoms with Gasteiger partial charge in [-0.2, -0.15) is 0 Å². The molecule has 6 nitrogen and oxygen atoms in total. The monoisotopic (exact) mass is 342 g/mol. The second kappa shape index (κ2) is 6.86. The van der Waals surface area contributed by atoms with Crippen LogP contribution in [0.5, 0.6) is 0 Å². The summed E-state index contributed by atoms with van der Waals surface area (Å²) in [7, 11) is -3.26. The fourth-order valence-electron chi connectivity index (χ4n) is 1.54. The van der Waals surface area contributed by atoms with Gasteiger partial charge in [-0.05, 0) is 53.2 Å². The van der Waals surface area contributed by atoms with Gasteiger partial charge in [0.05, 0.1) is 16.2 Å². The van der Waals surface area contributed by atoms with Crippen LogP contribution in [0.25, 0.3) is 0 Å². The van der Waals surface area contributed by atoms with Gasteiger partial charge in [-0.25, -0.2) is 13.2 Å². The van der Waals surface area contributed by atoms with Gasteiger partial charge in [0.2, 0.25) is 0 Å². The van der Waals surface area contributed by atoms with Crippen LogP contribution >= 0.6 is 0 Å². The molecule has 23 heavy (non-hydrogen) atoms. The van der Waals surface area contributed by atoms with E-state index in [2.05, 4.69) is 10.3 Å². The van der Waals surface area contributed by atoms with E-state index < -0.39 is 26.3 Å². The van der Waals surface area contributed by atoms with E-state index >= 15 is 0 Å². The van der Waals surface area contributed by atoms with Crippen molar-refractivity contribution >= 4 is 15.9 Å². The van der Waals surface area contributed by atoms with E-state index in [9.17, 15) is 13.2 Å². The minimum Gasteiger partial charge on any atom is -0.444 e. The van der Waals surface area contributed by atoms with Crippen molar-refractivity contribution in [1.29, 1.82) is 0 Å². The summed E-state index contributed by atoms with van der Waals surface area (Å²) in [6.07, 6.45) is 1.06. The van der Waals surface area contributed by atoms with E-state index in [0.29, 0.717) is 5.69 Å². The Kier molecular flexibility index (Phi) is 5.79. The maximum absolute atomic E-state index is 12.1. The number of nitrogens with zero attached hydrogens (tertiary/aromatic N) is 1. The average molecular weight is 342 g/mol. The van der Waals surface area contributed by atoms with E-state index in [1.54, 1.807) is 59.9 Å². The first-order valence-electron chi connectivity index (χ1n) is 7.43. The van der Waals surface area contributed by atoms with Gasteiger partial charge in [-0.15, -0.1) is 0 Å². The zero-order valence-corrected chi connectivity index (χ0v) is 15.5. The fraction of sp³-hybridized carbons (Fsp3) is 0.625. The Morgan fingerprint density at radius 3 is 2.22 bits per heavy atom. The normalized spacial score (nSPS) is 12.8. The molecule has 1 heterocycles. The number of carbonyl (C=O) groups is 1. The maximum Gasteiger partial charge on any atom is 0.407 e. The van der Waals surface area contributed by atoms with Gasteiger partial charge >= 0.3 is 6.09 Å². The first-order chi connectivity index (χ1) is 10.3. The lowest BCUT2D eigenvalue weighted by molar-refractivity contribution is 0.0523. The number of nitrogens with one attached hydrogen (secondary N) is 1. The van der Waals surface area contributed by atoms with Crippen molar-refractivity contribution in [2.24, 2.45) is 0 Å². The molecule has 7 heteroatoms. The second-order valence-corrected chi connectivity index (χ2v) is 10.1. The Balaban J connectivity index is 2.63.